The van der Waals surface area contributed by atoms with Crippen LogP contribution >= 0.6 is 0 Å². The Hall–Kier alpha value is -2.86. The summed E-state index contributed by atoms with van der Waals surface area (Å²) in [5.41, 5.74) is 13.8. The average Bonchev–Trinajstić information content (AvgIpc) is 2.59. The molecule has 0 saturated heterocycles. The van der Waals surface area contributed by atoms with Gasteiger partial charge in [0.05, 0.1) is 7.11 Å². The van der Waals surface area contributed by atoms with Crippen LogP contribution in [0.3, 0.4) is 0 Å². The third-order valence-corrected chi connectivity index (χ3v) is 3.74. The predicted octanol–water partition coefficient (Wildman–Crippen LogP) is 1.24. The van der Waals surface area contributed by atoms with E-state index in [2.05, 4.69) is 5.32 Å². The highest BCUT2D eigenvalue weighted by Crippen LogP contribution is 2.15. The summed E-state index contributed by atoms with van der Waals surface area (Å²) in [5, 5.41) is 3.15. The fourth-order valence-electron chi connectivity index (χ4n) is 2.37. The highest BCUT2D eigenvalue weighted by molar-refractivity contribution is 5.93. The van der Waals surface area contributed by atoms with Crippen molar-refractivity contribution in [3.63, 3.8) is 0 Å². The summed E-state index contributed by atoms with van der Waals surface area (Å²) in [7, 11) is 1.36. The fraction of sp³-hybridized carbons (Fsp3) is 0.222. The van der Waals surface area contributed by atoms with Crippen LogP contribution in [-0.2, 0) is 22.5 Å². The number of methoxy groups -OCH3 is 1. The number of carbonyl (C=O) groups excluding carboxylic acids is 2. The van der Waals surface area contributed by atoms with Gasteiger partial charge in [0, 0.05) is 17.8 Å². The third-order valence-electron chi connectivity index (χ3n) is 3.74. The number of rotatable bonds is 7. The van der Waals surface area contributed by atoms with Gasteiger partial charge in [-0.05, 0) is 29.7 Å². The molecule has 1 amide bonds. The van der Waals surface area contributed by atoms with Crippen LogP contribution in [0.25, 0.3) is 0 Å². The molecule has 1 atom stereocenters. The first-order valence-corrected chi connectivity index (χ1v) is 7.54. The van der Waals surface area contributed by atoms with E-state index in [1.807, 2.05) is 30.3 Å². The molecule has 2 aromatic rings. The van der Waals surface area contributed by atoms with Crippen LogP contribution in [-0.4, -0.2) is 25.0 Å². The van der Waals surface area contributed by atoms with Gasteiger partial charge in [-0.1, -0.05) is 36.4 Å². The van der Waals surface area contributed by atoms with E-state index < -0.39 is 11.9 Å². The Morgan fingerprint density at radius 3 is 2.46 bits per heavy atom. The second-order valence-electron chi connectivity index (χ2n) is 5.42. The van der Waals surface area contributed by atoms with Crippen molar-refractivity contribution in [3.8, 4) is 0 Å². The second-order valence-corrected chi connectivity index (χ2v) is 5.42. The average molecular weight is 327 g/mol. The van der Waals surface area contributed by atoms with Crippen LogP contribution in [0.1, 0.15) is 21.5 Å². The van der Waals surface area contributed by atoms with Crippen molar-refractivity contribution in [3.05, 3.63) is 65.2 Å². The van der Waals surface area contributed by atoms with E-state index >= 15 is 0 Å². The van der Waals surface area contributed by atoms with Crippen molar-refractivity contribution < 1.29 is 14.3 Å². The van der Waals surface area contributed by atoms with Gasteiger partial charge in [0.2, 0.25) is 5.91 Å². The highest BCUT2D eigenvalue weighted by atomic mass is 16.5. The van der Waals surface area contributed by atoms with E-state index in [-0.39, 0.29) is 5.97 Å². The van der Waals surface area contributed by atoms with Gasteiger partial charge in [0.15, 0.2) is 0 Å². The van der Waals surface area contributed by atoms with Crippen LogP contribution in [0, 0.1) is 0 Å². The van der Waals surface area contributed by atoms with Crippen LogP contribution < -0.4 is 16.8 Å². The lowest BCUT2D eigenvalue weighted by Gasteiger charge is -2.17. The zero-order valence-corrected chi connectivity index (χ0v) is 13.5. The topological polar surface area (TPSA) is 107 Å². The van der Waals surface area contributed by atoms with Crippen molar-refractivity contribution in [1.82, 2.24) is 5.32 Å². The van der Waals surface area contributed by atoms with Gasteiger partial charge in [-0.15, -0.1) is 0 Å². The Morgan fingerprint density at radius 2 is 1.88 bits per heavy atom. The van der Waals surface area contributed by atoms with Crippen LogP contribution in [0.5, 0.6) is 0 Å². The van der Waals surface area contributed by atoms with Gasteiger partial charge in [0.1, 0.15) is 6.04 Å². The summed E-state index contributed by atoms with van der Waals surface area (Å²) in [4.78, 5) is 23.1. The number of esters is 1. The summed E-state index contributed by atoms with van der Waals surface area (Å²) in [6.07, 6.45) is 0.507. The van der Waals surface area contributed by atoms with Crippen LogP contribution in [0.2, 0.25) is 0 Å². The maximum absolute atomic E-state index is 12.0. The zero-order chi connectivity index (χ0) is 17.5. The normalized spacial score (nSPS) is 11.7. The van der Waals surface area contributed by atoms with Crippen LogP contribution in [0.4, 0.5) is 5.69 Å². The number of nitrogens with two attached hydrogens (primary N) is 2. The van der Waals surface area contributed by atoms with Gasteiger partial charge >= 0.3 is 5.97 Å². The molecule has 0 heterocycles. The Kier molecular flexibility index (Phi) is 5.92. The minimum absolute atomic E-state index is 0.341. The van der Waals surface area contributed by atoms with Gasteiger partial charge in [-0.3, -0.25) is 14.9 Å². The lowest BCUT2D eigenvalue weighted by molar-refractivity contribution is -0.143. The molecular weight excluding hydrogens is 306 g/mol. The highest BCUT2D eigenvalue weighted by Gasteiger charge is 2.19. The second kappa shape index (κ2) is 8.12. The molecule has 2 aromatic carbocycles. The first-order chi connectivity index (χ1) is 11.5. The Balaban J connectivity index is 2.07. The van der Waals surface area contributed by atoms with Crippen molar-refractivity contribution in [2.75, 3.05) is 12.8 Å². The SMILES string of the molecule is COC(=O)[C@H](Cc1ccccc1)NCc1ccc(C(N)=O)cc1N. The molecule has 0 aliphatic heterocycles. The van der Waals surface area contributed by atoms with Gasteiger partial charge in [-0.25, -0.2) is 0 Å². The number of amides is 1. The molecule has 0 aliphatic carbocycles. The number of hydrogen-bond acceptors (Lipinski definition) is 5. The molecule has 0 bridgehead atoms. The molecule has 0 aromatic heterocycles. The molecule has 6 heteroatoms. The van der Waals surface area contributed by atoms with E-state index in [4.69, 9.17) is 16.2 Å². The van der Waals surface area contributed by atoms with Crippen molar-refractivity contribution in [1.29, 1.82) is 0 Å². The molecule has 2 rings (SSSR count). The zero-order valence-electron chi connectivity index (χ0n) is 13.5. The van der Waals surface area contributed by atoms with E-state index in [1.54, 1.807) is 12.1 Å². The monoisotopic (exact) mass is 327 g/mol. The van der Waals surface area contributed by atoms with E-state index in [1.165, 1.54) is 13.2 Å². The first-order valence-electron chi connectivity index (χ1n) is 7.54. The maximum atomic E-state index is 12.0. The summed E-state index contributed by atoms with van der Waals surface area (Å²) in [5.74, 6) is -0.871. The van der Waals surface area contributed by atoms with E-state index in [0.717, 1.165) is 11.1 Å². The Morgan fingerprint density at radius 1 is 1.17 bits per heavy atom. The number of benzene rings is 2. The molecule has 0 unspecified atom stereocenters. The van der Waals surface area contributed by atoms with Crippen molar-refractivity contribution in [2.45, 2.75) is 19.0 Å². The fourth-order valence-corrected chi connectivity index (χ4v) is 2.37. The number of anilines is 1. The first kappa shape index (κ1) is 17.5. The molecule has 24 heavy (non-hydrogen) atoms. The summed E-state index contributed by atoms with van der Waals surface area (Å²) in [6.45, 7) is 0.372. The lowest BCUT2D eigenvalue weighted by atomic mass is 10.0. The maximum Gasteiger partial charge on any atom is 0.323 e. The number of nitrogen functional groups attached to an aromatic ring is 1. The molecular formula is C18H21N3O3. The Labute approximate surface area is 140 Å². The standard InChI is InChI=1S/C18H21N3O3/c1-24-18(23)16(9-12-5-3-2-4-6-12)21-11-14-8-7-13(17(20)22)10-15(14)19/h2-8,10,16,21H,9,11,19H2,1H3,(H2,20,22)/t16-/m0/s1. The van der Waals surface area contributed by atoms with Gasteiger partial charge in [0.25, 0.3) is 0 Å². The quantitative estimate of drug-likeness (QED) is 0.524. The number of hydrogen-bond donors (Lipinski definition) is 3. The van der Waals surface area contributed by atoms with E-state index in [0.29, 0.717) is 24.2 Å². The number of primary amides is 1. The number of carbonyl (C=O) groups is 2. The third kappa shape index (κ3) is 4.57. The lowest BCUT2D eigenvalue weighted by Crippen LogP contribution is -2.39. The molecule has 0 fully saturated rings. The van der Waals surface area contributed by atoms with Crippen molar-refractivity contribution in [2.24, 2.45) is 5.73 Å². The number of ether oxygens (including phenoxy) is 1. The molecule has 5 N–H and O–H groups in total. The smallest absolute Gasteiger partial charge is 0.323 e. The predicted molar refractivity (Wildman–Crippen MR) is 92.2 cm³/mol. The summed E-state index contributed by atoms with van der Waals surface area (Å²) in [6, 6.07) is 14.0. The summed E-state index contributed by atoms with van der Waals surface area (Å²) < 4.78 is 4.86. The molecule has 0 saturated carbocycles. The molecule has 126 valence electrons. The van der Waals surface area contributed by atoms with Gasteiger partial charge < -0.3 is 16.2 Å². The number of nitrogens with one attached hydrogen (secondary N) is 1. The largest absolute Gasteiger partial charge is 0.468 e. The minimum atomic E-state index is -0.530. The minimum Gasteiger partial charge on any atom is -0.468 e. The molecule has 6 nitrogen and oxygen atoms in total. The van der Waals surface area contributed by atoms with Gasteiger partial charge in [-0.2, -0.15) is 0 Å². The molecule has 0 spiro atoms. The van der Waals surface area contributed by atoms with Crippen molar-refractivity contribution >= 4 is 17.6 Å². The van der Waals surface area contributed by atoms with E-state index in [9.17, 15) is 9.59 Å². The van der Waals surface area contributed by atoms with Crippen LogP contribution in [0.15, 0.2) is 48.5 Å². The molecule has 0 aliphatic rings. The Bertz CT molecular complexity index is 717. The molecule has 0 radical (unpaired) electrons. The summed E-state index contributed by atoms with van der Waals surface area (Å²) >= 11 is 0.